The minimum absolute atomic E-state index is 0.222. The topological polar surface area (TPSA) is 54.9 Å². The zero-order valence-electron chi connectivity index (χ0n) is 13.7. The molecule has 128 valence electrons. The Morgan fingerprint density at radius 2 is 2.04 bits per heavy atom. The van der Waals surface area contributed by atoms with Gasteiger partial charge in [0.25, 0.3) is 5.91 Å². The first-order valence-electron chi connectivity index (χ1n) is 7.70. The maximum Gasteiger partial charge on any atom is 0.257 e. The number of rotatable bonds is 5. The monoisotopic (exact) mass is 373 g/mol. The summed E-state index contributed by atoms with van der Waals surface area (Å²) >= 11 is 2.98. The van der Waals surface area contributed by atoms with Crippen LogP contribution in [0.25, 0.3) is 11.3 Å². The summed E-state index contributed by atoms with van der Waals surface area (Å²) in [6.45, 7) is 3.96. The average Bonchev–Trinajstić information content (AvgIpc) is 2.96. The van der Waals surface area contributed by atoms with E-state index in [0.717, 1.165) is 26.9 Å². The lowest BCUT2D eigenvalue weighted by molar-refractivity contribution is 0.102. The molecule has 0 fully saturated rings. The maximum atomic E-state index is 13.1. The van der Waals surface area contributed by atoms with Crippen LogP contribution >= 0.6 is 23.1 Å². The molecule has 1 aromatic carbocycles. The van der Waals surface area contributed by atoms with Gasteiger partial charge in [-0.05, 0) is 49.1 Å². The van der Waals surface area contributed by atoms with Crippen molar-refractivity contribution in [2.75, 3.05) is 11.1 Å². The third-order valence-electron chi connectivity index (χ3n) is 3.42. The van der Waals surface area contributed by atoms with Crippen LogP contribution in [-0.4, -0.2) is 21.6 Å². The third-order valence-corrected chi connectivity index (χ3v) is 5.12. The number of hydrogen-bond donors (Lipinski definition) is 1. The Balaban J connectivity index is 1.79. The molecule has 3 rings (SSSR count). The number of anilines is 1. The number of aryl methyl sites for hydroxylation is 1. The fourth-order valence-electron chi connectivity index (χ4n) is 2.27. The van der Waals surface area contributed by atoms with Crippen LogP contribution in [0, 0.1) is 12.7 Å². The highest BCUT2D eigenvalue weighted by Crippen LogP contribution is 2.30. The van der Waals surface area contributed by atoms with Crippen molar-refractivity contribution >= 4 is 34.1 Å². The molecule has 1 N–H and O–H groups in total. The summed E-state index contributed by atoms with van der Waals surface area (Å²) in [6.07, 6.45) is 1.63. The molecule has 2 aromatic heterocycles. The lowest BCUT2D eigenvalue weighted by atomic mass is 10.1. The van der Waals surface area contributed by atoms with Crippen LogP contribution in [0.3, 0.4) is 0 Å². The van der Waals surface area contributed by atoms with E-state index in [4.69, 9.17) is 0 Å². The third kappa shape index (κ3) is 4.24. The van der Waals surface area contributed by atoms with Gasteiger partial charge in [0.15, 0.2) is 5.13 Å². The molecule has 0 aliphatic heterocycles. The molecule has 0 saturated heterocycles. The molecule has 0 bridgehead atoms. The second kappa shape index (κ2) is 7.76. The van der Waals surface area contributed by atoms with Crippen LogP contribution in [0.2, 0.25) is 0 Å². The number of thioether (sulfide) groups is 1. The fourth-order valence-corrected chi connectivity index (χ4v) is 3.74. The Morgan fingerprint density at radius 1 is 1.28 bits per heavy atom. The second-order valence-electron chi connectivity index (χ2n) is 5.20. The van der Waals surface area contributed by atoms with Crippen LogP contribution < -0.4 is 5.32 Å². The van der Waals surface area contributed by atoms with Gasteiger partial charge < -0.3 is 0 Å². The van der Waals surface area contributed by atoms with Crippen molar-refractivity contribution in [2.24, 2.45) is 0 Å². The number of hydrogen-bond acceptors (Lipinski definition) is 5. The molecule has 1 amide bonds. The number of carbonyl (C=O) groups is 1. The average molecular weight is 373 g/mol. The van der Waals surface area contributed by atoms with Crippen molar-refractivity contribution in [3.8, 4) is 11.3 Å². The number of carbonyl (C=O) groups excluding carboxylic acids is 1. The summed E-state index contributed by atoms with van der Waals surface area (Å²) in [5, 5.41) is 4.16. The summed E-state index contributed by atoms with van der Waals surface area (Å²) in [4.78, 5) is 22.1. The van der Waals surface area contributed by atoms with Crippen molar-refractivity contribution < 1.29 is 9.18 Å². The molecule has 0 spiro atoms. The molecule has 0 aliphatic rings. The van der Waals surface area contributed by atoms with Crippen LogP contribution in [0.15, 0.2) is 47.6 Å². The van der Waals surface area contributed by atoms with Gasteiger partial charge in [0.1, 0.15) is 5.82 Å². The molecule has 2 heterocycles. The highest BCUT2D eigenvalue weighted by atomic mass is 32.2. The first-order chi connectivity index (χ1) is 12.1. The van der Waals surface area contributed by atoms with Crippen molar-refractivity contribution in [1.29, 1.82) is 0 Å². The lowest BCUT2D eigenvalue weighted by Crippen LogP contribution is -2.11. The number of nitrogens with one attached hydrogen (secondary N) is 1. The van der Waals surface area contributed by atoms with Gasteiger partial charge in [0.2, 0.25) is 0 Å². The molecule has 4 nitrogen and oxygen atoms in total. The van der Waals surface area contributed by atoms with E-state index in [1.807, 2.05) is 13.8 Å². The van der Waals surface area contributed by atoms with Gasteiger partial charge in [0, 0.05) is 22.2 Å². The number of aromatic nitrogens is 2. The smallest absolute Gasteiger partial charge is 0.257 e. The second-order valence-corrected chi connectivity index (χ2v) is 7.69. The van der Waals surface area contributed by atoms with E-state index in [0.29, 0.717) is 10.7 Å². The van der Waals surface area contributed by atoms with E-state index in [2.05, 4.69) is 15.3 Å². The molecule has 25 heavy (non-hydrogen) atoms. The Kier molecular flexibility index (Phi) is 5.45. The Bertz CT molecular complexity index is 894. The van der Waals surface area contributed by atoms with Crippen LogP contribution in [0.1, 0.15) is 22.2 Å². The number of thiazole rings is 1. The van der Waals surface area contributed by atoms with E-state index in [1.54, 1.807) is 42.2 Å². The van der Waals surface area contributed by atoms with Gasteiger partial charge in [-0.1, -0.05) is 6.92 Å². The highest BCUT2D eigenvalue weighted by molar-refractivity contribution is 7.99. The van der Waals surface area contributed by atoms with E-state index < -0.39 is 0 Å². The standard InChI is InChI=1S/C18H16FN3OS2/c1-3-24-15-10-13(8-9-20-15)17(23)22-18-21-16(11(2)25-18)12-4-6-14(19)7-5-12/h4-10H,3H2,1-2H3,(H,21,22,23). The van der Waals surface area contributed by atoms with Crippen molar-refractivity contribution in [3.63, 3.8) is 0 Å². The molecule has 0 radical (unpaired) electrons. The van der Waals surface area contributed by atoms with E-state index in [1.165, 1.54) is 23.5 Å². The van der Waals surface area contributed by atoms with E-state index in [9.17, 15) is 9.18 Å². The Hall–Kier alpha value is -2.25. The number of benzene rings is 1. The first kappa shape index (κ1) is 17.6. The van der Waals surface area contributed by atoms with E-state index >= 15 is 0 Å². The van der Waals surface area contributed by atoms with Crippen LogP contribution in [0.5, 0.6) is 0 Å². The predicted molar refractivity (Wildman–Crippen MR) is 101 cm³/mol. The largest absolute Gasteiger partial charge is 0.298 e. The zero-order chi connectivity index (χ0) is 17.8. The van der Waals surface area contributed by atoms with Gasteiger partial charge >= 0.3 is 0 Å². The summed E-state index contributed by atoms with van der Waals surface area (Å²) < 4.78 is 13.1. The maximum absolute atomic E-state index is 13.1. The molecule has 0 aliphatic carbocycles. The Morgan fingerprint density at radius 3 is 2.76 bits per heavy atom. The van der Waals surface area contributed by atoms with Gasteiger partial charge in [-0.2, -0.15) is 0 Å². The van der Waals surface area contributed by atoms with Gasteiger partial charge in [-0.25, -0.2) is 14.4 Å². The summed E-state index contributed by atoms with van der Waals surface area (Å²) in [6, 6.07) is 9.61. The lowest BCUT2D eigenvalue weighted by Gasteiger charge is -2.03. The SMILES string of the molecule is CCSc1cc(C(=O)Nc2nc(-c3ccc(F)cc3)c(C)s2)ccn1. The minimum Gasteiger partial charge on any atom is -0.298 e. The van der Waals surface area contributed by atoms with Crippen molar-refractivity contribution in [3.05, 3.63) is 58.9 Å². The predicted octanol–water partition coefficient (Wildman–Crippen LogP) is 5.02. The first-order valence-corrected chi connectivity index (χ1v) is 9.50. The van der Waals surface area contributed by atoms with Gasteiger partial charge in [-0.15, -0.1) is 23.1 Å². The number of nitrogens with zero attached hydrogens (tertiary/aromatic N) is 2. The molecule has 0 atom stereocenters. The number of halogens is 1. The van der Waals surface area contributed by atoms with Gasteiger partial charge in [-0.3, -0.25) is 10.1 Å². The normalized spacial score (nSPS) is 10.7. The van der Waals surface area contributed by atoms with Crippen molar-refractivity contribution in [2.45, 2.75) is 18.9 Å². The summed E-state index contributed by atoms with van der Waals surface area (Å²) in [7, 11) is 0. The fraction of sp³-hybridized carbons (Fsp3) is 0.167. The number of pyridine rings is 1. The summed E-state index contributed by atoms with van der Waals surface area (Å²) in [5.41, 5.74) is 2.11. The molecule has 7 heteroatoms. The molecule has 0 unspecified atom stereocenters. The minimum atomic E-state index is -0.288. The highest BCUT2D eigenvalue weighted by Gasteiger charge is 2.14. The molecular formula is C18H16FN3OS2. The molecule has 0 saturated carbocycles. The van der Waals surface area contributed by atoms with Crippen LogP contribution in [0.4, 0.5) is 9.52 Å². The van der Waals surface area contributed by atoms with Crippen LogP contribution in [-0.2, 0) is 0 Å². The van der Waals surface area contributed by atoms with Gasteiger partial charge in [0.05, 0.1) is 10.7 Å². The Labute approximate surface area is 153 Å². The molecule has 3 aromatic rings. The van der Waals surface area contributed by atoms with E-state index in [-0.39, 0.29) is 11.7 Å². The number of amides is 1. The summed E-state index contributed by atoms with van der Waals surface area (Å²) in [5.74, 6) is 0.383. The quantitative estimate of drug-likeness (QED) is 0.638. The molecular weight excluding hydrogens is 357 g/mol. The van der Waals surface area contributed by atoms with Crippen molar-refractivity contribution in [1.82, 2.24) is 9.97 Å². The zero-order valence-corrected chi connectivity index (χ0v) is 15.4.